The molecule has 0 radical (unpaired) electrons. The molecule has 0 fully saturated rings. The van der Waals surface area contributed by atoms with Crippen LogP contribution < -0.4 is 21.7 Å². The second-order valence-electron chi connectivity index (χ2n) is 10.7. The van der Waals surface area contributed by atoms with Crippen molar-refractivity contribution < 1.29 is 42.3 Å². The van der Waals surface area contributed by atoms with Crippen molar-refractivity contribution in [2.45, 2.75) is 101 Å². The molecule has 13 nitrogen and oxygen atoms in total. The van der Waals surface area contributed by atoms with Gasteiger partial charge in [-0.25, -0.2) is 4.79 Å². The number of nitrogens with two attached hydrogens (primary N) is 1. The number of primary amides is 1. The van der Waals surface area contributed by atoms with E-state index in [9.17, 15) is 19.2 Å². The summed E-state index contributed by atoms with van der Waals surface area (Å²) in [5, 5.41) is 16.4. The Labute approximate surface area is 267 Å². The maximum absolute atomic E-state index is 11.7. The van der Waals surface area contributed by atoms with Gasteiger partial charge in [0.2, 0.25) is 17.7 Å². The number of alkyl carbamates (subject to hydrolysis) is 1. The van der Waals surface area contributed by atoms with Gasteiger partial charge in [0.1, 0.15) is 6.61 Å². The average Bonchev–Trinajstić information content (AvgIpc) is 3.00. The smallest absolute Gasteiger partial charge is 0.448 e. The highest BCUT2D eigenvalue weighted by Gasteiger charge is 2.39. The lowest BCUT2D eigenvalue weighted by molar-refractivity contribution is -0.126. The Bertz CT molecular complexity index is 756. The highest BCUT2D eigenvalue weighted by molar-refractivity contribution is 6.60. The third kappa shape index (κ3) is 24.1. The van der Waals surface area contributed by atoms with E-state index in [2.05, 4.69) is 16.0 Å². The van der Waals surface area contributed by atoms with Crippen LogP contribution in [0.25, 0.3) is 0 Å². The molecule has 0 aliphatic rings. The lowest BCUT2D eigenvalue weighted by Gasteiger charge is -2.28. The van der Waals surface area contributed by atoms with Crippen molar-refractivity contribution in [3.63, 3.8) is 0 Å². The molecule has 2 atom stereocenters. The zero-order valence-corrected chi connectivity index (χ0v) is 30.1. The minimum absolute atomic E-state index is 0.0160. The number of nitrogens with one attached hydrogen (secondary N) is 3. The molecule has 6 N–H and O–H groups in total. The molecule has 0 bridgehead atoms. The van der Waals surface area contributed by atoms with Gasteiger partial charge >= 0.3 is 14.9 Å². The Hall–Kier alpha value is -2.26. The zero-order valence-electron chi connectivity index (χ0n) is 29.1. The predicted molar refractivity (Wildman–Crippen MR) is 175 cm³/mol. The number of rotatable bonds is 21. The summed E-state index contributed by atoms with van der Waals surface area (Å²) in [4.78, 5) is 44.6. The van der Waals surface area contributed by atoms with Crippen LogP contribution in [0.2, 0.25) is 6.04 Å². The second-order valence-corrected chi connectivity index (χ2v) is 13.4. The molecule has 14 heteroatoms. The minimum Gasteiger partial charge on any atom is -0.448 e. The Kier molecular flexibility index (Phi) is 29.6. The molecule has 0 heterocycles. The fourth-order valence-electron chi connectivity index (χ4n) is 2.94. The van der Waals surface area contributed by atoms with E-state index in [0.717, 1.165) is 19.3 Å². The van der Waals surface area contributed by atoms with Crippen molar-refractivity contribution in [3.05, 3.63) is 0 Å². The van der Waals surface area contributed by atoms with Gasteiger partial charge in [0.25, 0.3) is 0 Å². The van der Waals surface area contributed by atoms with Gasteiger partial charge in [-0.05, 0) is 46.5 Å². The molecule has 0 aliphatic heterocycles. The number of amides is 4. The summed E-state index contributed by atoms with van der Waals surface area (Å²) in [5.74, 6) is -0.196. The third-order valence-corrected chi connectivity index (χ3v) is 9.89. The molecule has 0 saturated carbocycles. The Morgan fingerprint density at radius 2 is 1.23 bits per heavy atom. The summed E-state index contributed by atoms with van der Waals surface area (Å²) in [5.41, 5.74) is 4.72. The maximum Gasteiger partial charge on any atom is 0.500 e. The Morgan fingerprint density at radius 1 is 0.773 bits per heavy atom. The highest BCUT2D eigenvalue weighted by Crippen LogP contribution is 2.18. The lowest BCUT2D eigenvalue weighted by atomic mass is 9.90. The number of hydrogen-bond donors (Lipinski definition) is 5. The number of hydrogen-bond acceptors (Lipinski definition) is 9. The molecule has 44 heavy (non-hydrogen) atoms. The highest BCUT2D eigenvalue weighted by atomic mass is 28.4. The first-order chi connectivity index (χ1) is 20.7. The predicted octanol–water partition coefficient (Wildman–Crippen LogP) is 3.36. The van der Waals surface area contributed by atoms with Gasteiger partial charge in [-0.15, -0.1) is 0 Å². The number of aliphatic hydroxyl groups excluding tert-OH is 1. The van der Waals surface area contributed by atoms with Crippen LogP contribution in [0.15, 0.2) is 0 Å². The summed E-state index contributed by atoms with van der Waals surface area (Å²) in [6, 6.07) is 0.633. The summed E-state index contributed by atoms with van der Waals surface area (Å²) in [6.07, 6.45) is 2.61. The van der Waals surface area contributed by atoms with E-state index in [1.807, 2.05) is 69.2 Å². The summed E-state index contributed by atoms with van der Waals surface area (Å²) < 4.78 is 22.3. The SMILES string of the molecule is CCC(C)(C)C(N)=O.CCC(C)C(=O)NCCO.CCO[Si](CCCNC(=O)OCCNC(=O)C(C)CC)(OCC)OCC. The van der Waals surface area contributed by atoms with Gasteiger partial charge in [-0.2, -0.15) is 0 Å². The standard InChI is InChI=1S/C17H36N2O6Si.C7H15NO2.C6H13NO/c1-6-15(5)16(20)18-12-13-22-17(21)19-11-10-14-26(23-7-2,24-8-3)25-9-4;1-3-6(2)7(10)8-4-5-9;1-4-6(2,3)5(7)8/h15H,6-14H2,1-5H3,(H,18,20)(H,19,21);6,9H,3-5H2,1-2H3,(H,8,10);4H2,1-3H3,(H2,7,8). The van der Waals surface area contributed by atoms with Gasteiger partial charge in [-0.1, -0.05) is 48.5 Å². The first-order valence-electron chi connectivity index (χ1n) is 16.0. The maximum atomic E-state index is 11.7. The largest absolute Gasteiger partial charge is 0.500 e. The van der Waals surface area contributed by atoms with E-state index < -0.39 is 14.9 Å². The van der Waals surface area contributed by atoms with Crippen LogP contribution in [0.3, 0.4) is 0 Å². The van der Waals surface area contributed by atoms with Crippen LogP contribution in [0.4, 0.5) is 4.79 Å². The van der Waals surface area contributed by atoms with Crippen LogP contribution in [0, 0.1) is 17.3 Å². The minimum atomic E-state index is -2.67. The van der Waals surface area contributed by atoms with Crippen LogP contribution in [-0.4, -0.2) is 90.4 Å². The number of aliphatic hydroxyl groups is 1. The van der Waals surface area contributed by atoms with Gasteiger partial charge in [-0.3, -0.25) is 14.4 Å². The first-order valence-corrected chi connectivity index (χ1v) is 17.9. The molecule has 0 aromatic carbocycles. The van der Waals surface area contributed by atoms with Crippen LogP contribution in [0.5, 0.6) is 0 Å². The van der Waals surface area contributed by atoms with Gasteiger partial charge in [0.05, 0.1) is 13.2 Å². The van der Waals surface area contributed by atoms with E-state index >= 15 is 0 Å². The monoisotopic (exact) mass is 652 g/mol. The number of ether oxygens (including phenoxy) is 1. The average molecular weight is 653 g/mol. The van der Waals surface area contributed by atoms with E-state index in [-0.39, 0.29) is 48.2 Å². The normalized spacial score (nSPS) is 12.3. The van der Waals surface area contributed by atoms with Gasteiger partial charge in [0.15, 0.2) is 0 Å². The van der Waals surface area contributed by atoms with E-state index in [0.29, 0.717) is 51.9 Å². The van der Waals surface area contributed by atoms with Crippen molar-refractivity contribution in [1.29, 1.82) is 0 Å². The van der Waals surface area contributed by atoms with Crippen LogP contribution in [0.1, 0.15) is 94.9 Å². The fourth-order valence-corrected chi connectivity index (χ4v) is 5.55. The molecule has 0 aromatic heterocycles. The molecule has 0 saturated heterocycles. The number of carbonyl (C=O) groups is 4. The van der Waals surface area contributed by atoms with Gasteiger partial charge in [0, 0.05) is 56.2 Å². The van der Waals surface area contributed by atoms with Crippen molar-refractivity contribution in [1.82, 2.24) is 16.0 Å². The van der Waals surface area contributed by atoms with E-state index in [4.69, 9.17) is 28.9 Å². The van der Waals surface area contributed by atoms with Crippen molar-refractivity contribution in [3.8, 4) is 0 Å². The third-order valence-electron chi connectivity index (χ3n) is 6.74. The fraction of sp³-hybridized carbons (Fsp3) is 0.867. The quantitative estimate of drug-likeness (QED) is 0.0915. The van der Waals surface area contributed by atoms with Crippen molar-refractivity contribution >= 4 is 32.6 Å². The molecule has 2 unspecified atom stereocenters. The molecule has 0 spiro atoms. The van der Waals surface area contributed by atoms with Crippen LogP contribution in [-0.2, 0) is 32.4 Å². The first kappa shape index (κ1) is 46.2. The summed E-state index contributed by atoms with van der Waals surface area (Å²) in [6.45, 7) is 21.9. The summed E-state index contributed by atoms with van der Waals surface area (Å²) >= 11 is 0. The molecule has 0 rings (SSSR count). The molecular formula is C30H64N4O9Si. The summed E-state index contributed by atoms with van der Waals surface area (Å²) in [7, 11) is -2.67. The van der Waals surface area contributed by atoms with Gasteiger partial charge < -0.3 is 44.8 Å². The van der Waals surface area contributed by atoms with Crippen LogP contribution >= 0.6 is 0 Å². The molecule has 4 amide bonds. The molecule has 262 valence electrons. The zero-order chi connectivity index (χ0) is 34.6. The lowest BCUT2D eigenvalue weighted by Crippen LogP contribution is -2.46. The van der Waals surface area contributed by atoms with E-state index in [1.165, 1.54) is 0 Å². The molecular weight excluding hydrogens is 588 g/mol. The second kappa shape index (κ2) is 28.2. The van der Waals surface area contributed by atoms with E-state index in [1.54, 1.807) is 0 Å². The number of carbonyl (C=O) groups excluding carboxylic acids is 4. The Balaban J connectivity index is -0.000000758. The molecule has 0 aromatic rings. The topological polar surface area (TPSA) is 188 Å². The van der Waals surface area contributed by atoms with Crippen molar-refractivity contribution in [2.75, 3.05) is 52.7 Å². The molecule has 0 aliphatic carbocycles. The van der Waals surface area contributed by atoms with Crippen molar-refractivity contribution in [2.24, 2.45) is 23.0 Å². The Morgan fingerprint density at radius 3 is 1.57 bits per heavy atom.